The molecule has 0 spiro atoms. The highest BCUT2D eigenvalue weighted by Gasteiger charge is 2.27. The zero-order valence-corrected chi connectivity index (χ0v) is 21.2. The quantitative estimate of drug-likeness (QED) is 0.478. The van der Waals surface area contributed by atoms with Crippen molar-refractivity contribution in [1.29, 1.82) is 0 Å². The van der Waals surface area contributed by atoms with Crippen LogP contribution in [0.5, 0.6) is 0 Å². The van der Waals surface area contributed by atoms with E-state index in [2.05, 4.69) is 22.3 Å². The van der Waals surface area contributed by atoms with Gasteiger partial charge in [-0.25, -0.2) is 8.42 Å². The van der Waals surface area contributed by atoms with E-state index < -0.39 is 10.0 Å². The summed E-state index contributed by atoms with van der Waals surface area (Å²) in [6.45, 7) is 5.66. The largest absolute Gasteiger partial charge is 0.372 e. The molecule has 0 saturated carbocycles. The molecule has 0 bridgehead atoms. The van der Waals surface area contributed by atoms with Crippen molar-refractivity contribution in [1.82, 2.24) is 5.32 Å². The van der Waals surface area contributed by atoms with Gasteiger partial charge in [0.05, 0.1) is 16.6 Å². The molecule has 1 fully saturated rings. The second-order valence-corrected chi connectivity index (χ2v) is 11.0. The molecule has 1 amide bonds. The van der Waals surface area contributed by atoms with E-state index in [0.29, 0.717) is 5.69 Å². The number of hydrogen-bond donors (Lipinski definition) is 1. The van der Waals surface area contributed by atoms with Gasteiger partial charge in [-0.05, 0) is 80.6 Å². The summed E-state index contributed by atoms with van der Waals surface area (Å²) < 4.78 is 28.1. The third-order valence-electron chi connectivity index (χ3n) is 6.40. The van der Waals surface area contributed by atoms with Gasteiger partial charge in [0.2, 0.25) is 5.91 Å². The van der Waals surface area contributed by atoms with Gasteiger partial charge in [0.25, 0.3) is 10.0 Å². The third kappa shape index (κ3) is 6.03. The summed E-state index contributed by atoms with van der Waals surface area (Å²) in [5, 5.41) is 2.97. The van der Waals surface area contributed by atoms with E-state index in [1.807, 2.05) is 32.0 Å². The first kappa shape index (κ1) is 24.8. The van der Waals surface area contributed by atoms with E-state index in [9.17, 15) is 13.2 Å². The first-order valence-electron chi connectivity index (χ1n) is 12.1. The number of rotatable bonds is 8. The van der Waals surface area contributed by atoms with E-state index in [4.69, 9.17) is 0 Å². The molecule has 1 N–H and O–H groups in total. The Kier molecular flexibility index (Phi) is 7.76. The minimum atomic E-state index is -3.92. The average Bonchev–Trinajstić information content (AvgIpc) is 2.88. The number of carbonyl (C=O) groups excluding carboxylic acids is 1. The van der Waals surface area contributed by atoms with Crippen LogP contribution in [-0.4, -0.2) is 34.0 Å². The molecule has 3 aromatic carbocycles. The van der Waals surface area contributed by atoms with Crippen LogP contribution in [0.2, 0.25) is 0 Å². The maximum Gasteiger partial charge on any atom is 0.264 e. The van der Waals surface area contributed by atoms with Gasteiger partial charge < -0.3 is 10.2 Å². The Labute approximate surface area is 208 Å². The zero-order chi connectivity index (χ0) is 24.8. The highest BCUT2D eigenvalue weighted by molar-refractivity contribution is 7.92. The summed E-state index contributed by atoms with van der Waals surface area (Å²) in [6, 6.07) is 23.4. The molecule has 1 heterocycles. The zero-order valence-electron chi connectivity index (χ0n) is 20.4. The maximum absolute atomic E-state index is 13.5. The van der Waals surface area contributed by atoms with Crippen LogP contribution in [0.15, 0.2) is 83.8 Å². The average molecular weight is 492 g/mol. The molecule has 1 saturated heterocycles. The predicted octanol–water partition coefficient (Wildman–Crippen LogP) is 5.06. The smallest absolute Gasteiger partial charge is 0.264 e. The molecule has 4 rings (SSSR count). The van der Waals surface area contributed by atoms with Crippen molar-refractivity contribution in [3.63, 3.8) is 0 Å². The molecule has 1 aliphatic rings. The number of nitrogens with one attached hydrogen (secondary N) is 1. The lowest BCUT2D eigenvalue weighted by Gasteiger charge is -2.29. The molecular formula is C28H33N3O3S. The minimum absolute atomic E-state index is 0.149. The number of nitrogens with zero attached hydrogens (tertiary/aromatic N) is 2. The lowest BCUT2D eigenvalue weighted by Crippen LogP contribution is -2.41. The Morgan fingerprint density at radius 1 is 0.943 bits per heavy atom. The van der Waals surface area contributed by atoms with Crippen LogP contribution < -0.4 is 14.5 Å². The number of benzene rings is 3. The van der Waals surface area contributed by atoms with Crippen molar-refractivity contribution in [2.24, 2.45) is 0 Å². The van der Waals surface area contributed by atoms with Gasteiger partial charge in [-0.2, -0.15) is 0 Å². The van der Waals surface area contributed by atoms with Crippen LogP contribution in [0.4, 0.5) is 11.4 Å². The van der Waals surface area contributed by atoms with Crippen LogP contribution in [-0.2, 0) is 14.8 Å². The van der Waals surface area contributed by atoms with Gasteiger partial charge in [0.15, 0.2) is 0 Å². The maximum atomic E-state index is 13.5. The molecule has 1 atom stereocenters. The van der Waals surface area contributed by atoms with E-state index >= 15 is 0 Å². The molecular weight excluding hydrogens is 458 g/mol. The summed E-state index contributed by atoms with van der Waals surface area (Å²) in [5.41, 5.74) is 3.56. The molecule has 1 aliphatic heterocycles. The number of piperidine rings is 1. The van der Waals surface area contributed by atoms with Crippen molar-refractivity contribution in [2.75, 3.05) is 28.8 Å². The fourth-order valence-corrected chi connectivity index (χ4v) is 5.88. The Morgan fingerprint density at radius 3 is 2.29 bits per heavy atom. The van der Waals surface area contributed by atoms with E-state index in [0.717, 1.165) is 24.2 Å². The minimum Gasteiger partial charge on any atom is -0.372 e. The topological polar surface area (TPSA) is 69.7 Å². The molecule has 6 nitrogen and oxygen atoms in total. The Balaban J connectivity index is 1.50. The Hall–Kier alpha value is -3.32. The van der Waals surface area contributed by atoms with E-state index in [1.54, 1.807) is 48.5 Å². The van der Waals surface area contributed by atoms with Crippen molar-refractivity contribution >= 4 is 27.3 Å². The van der Waals surface area contributed by atoms with Gasteiger partial charge in [0, 0.05) is 18.8 Å². The Morgan fingerprint density at radius 2 is 1.63 bits per heavy atom. The number of carbonyl (C=O) groups is 1. The Bertz CT molecular complexity index is 1240. The van der Waals surface area contributed by atoms with E-state index in [-0.39, 0.29) is 23.4 Å². The summed E-state index contributed by atoms with van der Waals surface area (Å²) in [4.78, 5) is 15.6. The first-order valence-corrected chi connectivity index (χ1v) is 13.6. The summed E-state index contributed by atoms with van der Waals surface area (Å²) in [6.07, 6.45) is 3.73. The molecule has 3 aromatic rings. The monoisotopic (exact) mass is 491 g/mol. The number of hydrogen-bond acceptors (Lipinski definition) is 4. The van der Waals surface area contributed by atoms with Gasteiger partial charge in [-0.15, -0.1) is 0 Å². The molecule has 1 unspecified atom stereocenters. The number of sulfonamides is 1. The second kappa shape index (κ2) is 11.0. The van der Waals surface area contributed by atoms with Crippen LogP contribution >= 0.6 is 0 Å². The van der Waals surface area contributed by atoms with Crippen LogP contribution in [0.3, 0.4) is 0 Å². The van der Waals surface area contributed by atoms with Gasteiger partial charge in [-0.3, -0.25) is 9.10 Å². The van der Waals surface area contributed by atoms with Gasteiger partial charge in [-0.1, -0.05) is 42.5 Å². The molecule has 0 radical (unpaired) electrons. The summed E-state index contributed by atoms with van der Waals surface area (Å²) in [5.74, 6) is -0.362. The number of anilines is 2. The lowest BCUT2D eigenvalue weighted by molar-refractivity contribution is -0.120. The number of aryl methyl sites for hydroxylation is 1. The van der Waals surface area contributed by atoms with E-state index in [1.165, 1.54) is 29.3 Å². The number of amides is 1. The van der Waals surface area contributed by atoms with Crippen molar-refractivity contribution in [3.05, 3.63) is 90.0 Å². The fourth-order valence-electron chi connectivity index (χ4n) is 4.44. The predicted molar refractivity (Wildman–Crippen MR) is 141 cm³/mol. The normalized spacial score (nSPS) is 14.9. The summed E-state index contributed by atoms with van der Waals surface area (Å²) >= 11 is 0. The first-order chi connectivity index (χ1) is 16.8. The second-order valence-electron chi connectivity index (χ2n) is 9.09. The van der Waals surface area contributed by atoms with Crippen molar-refractivity contribution in [2.45, 2.75) is 44.0 Å². The highest BCUT2D eigenvalue weighted by atomic mass is 32.2. The van der Waals surface area contributed by atoms with Crippen molar-refractivity contribution < 1.29 is 13.2 Å². The molecule has 184 valence electrons. The SMILES string of the molecule is Cc1cccc(N(CC(=O)NC(C)c2ccc(N3CCCCC3)cc2)S(=O)(=O)c2ccccc2)c1. The third-order valence-corrected chi connectivity index (χ3v) is 8.19. The fraction of sp³-hybridized carbons (Fsp3) is 0.321. The van der Waals surface area contributed by atoms with Crippen LogP contribution in [0.1, 0.15) is 43.4 Å². The highest BCUT2D eigenvalue weighted by Crippen LogP contribution is 2.25. The lowest BCUT2D eigenvalue weighted by atomic mass is 10.1. The molecule has 7 heteroatoms. The van der Waals surface area contributed by atoms with Gasteiger partial charge in [0.1, 0.15) is 6.54 Å². The summed E-state index contributed by atoms with van der Waals surface area (Å²) in [7, 11) is -3.92. The standard InChI is InChI=1S/C28H33N3O3S/c1-22-10-9-11-26(20-22)31(35(33,34)27-12-5-3-6-13-27)21-28(32)29-23(2)24-14-16-25(17-15-24)30-18-7-4-8-19-30/h3,5-6,9-17,20,23H,4,7-8,18-19,21H2,1-2H3,(H,29,32). The van der Waals surface area contributed by atoms with Crippen molar-refractivity contribution in [3.8, 4) is 0 Å². The molecule has 35 heavy (non-hydrogen) atoms. The van der Waals surface area contributed by atoms with Crippen LogP contribution in [0.25, 0.3) is 0 Å². The van der Waals surface area contributed by atoms with Crippen LogP contribution in [0, 0.1) is 6.92 Å². The van der Waals surface area contributed by atoms with Gasteiger partial charge >= 0.3 is 0 Å². The molecule has 0 aromatic heterocycles. The molecule has 0 aliphatic carbocycles.